The minimum absolute atomic E-state index is 0.0134. The molecule has 0 spiro atoms. The number of anilines is 1. The molecule has 0 atom stereocenters. The number of aryl methyl sites for hydroxylation is 2. The summed E-state index contributed by atoms with van der Waals surface area (Å²) in [5, 5.41) is 11.0. The Morgan fingerprint density at radius 2 is 1.63 bits per heavy atom. The lowest BCUT2D eigenvalue weighted by Crippen LogP contribution is -2.27. The van der Waals surface area contributed by atoms with Gasteiger partial charge < -0.3 is 10.0 Å². The molecule has 0 saturated carbocycles. The fraction of sp³-hybridized carbons (Fsp3) is 0.160. The number of hydrogen-bond acceptors (Lipinski definition) is 3. The van der Waals surface area contributed by atoms with Crippen LogP contribution in [0.15, 0.2) is 66.7 Å². The van der Waals surface area contributed by atoms with E-state index in [2.05, 4.69) is 4.98 Å². The van der Waals surface area contributed by atoms with E-state index < -0.39 is 5.97 Å². The number of nitrogens with zero attached hydrogens (tertiary/aromatic N) is 2. The van der Waals surface area contributed by atoms with Crippen LogP contribution in [0.2, 0.25) is 0 Å². The molecule has 0 fully saturated rings. The predicted molar refractivity (Wildman–Crippen MR) is 119 cm³/mol. The molecule has 4 aromatic rings. The molecule has 1 N–H and O–H groups in total. The lowest BCUT2D eigenvalue weighted by atomic mass is 9.99. The summed E-state index contributed by atoms with van der Waals surface area (Å²) in [6.45, 7) is 1.98. The molecule has 0 aliphatic heterocycles. The van der Waals surface area contributed by atoms with Gasteiger partial charge in [0.2, 0.25) is 5.91 Å². The maximum absolute atomic E-state index is 12.7. The van der Waals surface area contributed by atoms with E-state index in [1.165, 1.54) is 0 Å². The van der Waals surface area contributed by atoms with Crippen LogP contribution < -0.4 is 4.90 Å². The number of carbonyl (C=O) groups is 2. The third-order valence-corrected chi connectivity index (χ3v) is 5.44. The first-order valence-corrected chi connectivity index (χ1v) is 9.82. The summed E-state index contributed by atoms with van der Waals surface area (Å²) in [5.41, 5.74) is 4.39. The first-order valence-electron chi connectivity index (χ1n) is 9.82. The number of rotatable bonds is 5. The van der Waals surface area contributed by atoms with Crippen LogP contribution >= 0.6 is 0 Å². The normalized spacial score (nSPS) is 11.0. The number of aromatic nitrogens is 1. The Morgan fingerprint density at radius 1 is 0.933 bits per heavy atom. The number of carbonyl (C=O) groups excluding carboxylic acids is 1. The average Bonchev–Trinajstić information content (AvgIpc) is 2.75. The van der Waals surface area contributed by atoms with Crippen molar-refractivity contribution in [3.05, 3.63) is 83.4 Å². The van der Waals surface area contributed by atoms with Crippen LogP contribution in [0.1, 0.15) is 27.9 Å². The van der Waals surface area contributed by atoms with Crippen molar-refractivity contribution in [1.29, 1.82) is 0 Å². The van der Waals surface area contributed by atoms with Crippen molar-refractivity contribution < 1.29 is 14.7 Å². The molecule has 1 aromatic heterocycles. The average molecular weight is 398 g/mol. The highest BCUT2D eigenvalue weighted by molar-refractivity contribution is 6.13. The minimum atomic E-state index is -0.980. The molecule has 0 saturated heterocycles. The van der Waals surface area contributed by atoms with Gasteiger partial charge >= 0.3 is 5.97 Å². The zero-order valence-electron chi connectivity index (χ0n) is 16.9. The van der Waals surface area contributed by atoms with Gasteiger partial charge in [-0.15, -0.1) is 0 Å². The molecule has 0 bridgehead atoms. The Bertz CT molecular complexity index is 1280. The van der Waals surface area contributed by atoms with Gasteiger partial charge in [0.25, 0.3) is 0 Å². The predicted octanol–water partition coefficient (Wildman–Crippen LogP) is 4.99. The summed E-state index contributed by atoms with van der Waals surface area (Å²) in [6, 6.07) is 20.6. The van der Waals surface area contributed by atoms with E-state index >= 15 is 0 Å². The second kappa shape index (κ2) is 7.95. The number of carboxylic acid groups (broad SMARTS) is 1. The Balaban J connectivity index is 1.63. The van der Waals surface area contributed by atoms with Crippen LogP contribution in [0.3, 0.4) is 0 Å². The number of hydrogen-bond donors (Lipinski definition) is 1. The first-order chi connectivity index (χ1) is 14.5. The highest BCUT2D eigenvalue weighted by Gasteiger charge is 2.16. The zero-order chi connectivity index (χ0) is 21.3. The summed E-state index contributed by atoms with van der Waals surface area (Å²) < 4.78 is 0. The molecule has 3 aromatic carbocycles. The number of aromatic carboxylic acids is 1. The number of amides is 1. The van der Waals surface area contributed by atoms with Crippen molar-refractivity contribution in [2.45, 2.75) is 19.8 Å². The molecule has 4 rings (SSSR count). The van der Waals surface area contributed by atoms with Gasteiger partial charge in [0.1, 0.15) is 0 Å². The highest BCUT2D eigenvalue weighted by atomic mass is 16.4. The Morgan fingerprint density at radius 3 is 2.40 bits per heavy atom. The summed E-state index contributed by atoms with van der Waals surface area (Å²) in [4.78, 5) is 31.0. The molecule has 0 aliphatic carbocycles. The number of carboxylic acids is 1. The molecular formula is C25H22N2O3. The van der Waals surface area contributed by atoms with Crippen molar-refractivity contribution in [3.63, 3.8) is 0 Å². The lowest BCUT2D eigenvalue weighted by Gasteiger charge is -2.19. The fourth-order valence-corrected chi connectivity index (χ4v) is 3.82. The van der Waals surface area contributed by atoms with Crippen molar-refractivity contribution in [1.82, 2.24) is 4.98 Å². The number of benzene rings is 3. The third kappa shape index (κ3) is 3.62. The largest absolute Gasteiger partial charge is 0.478 e. The Labute approximate surface area is 174 Å². The van der Waals surface area contributed by atoms with Crippen molar-refractivity contribution in [2.75, 3.05) is 11.9 Å². The van der Waals surface area contributed by atoms with E-state index in [1.807, 2.05) is 67.6 Å². The van der Waals surface area contributed by atoms with Crippen LogP contribution in [0.5, 0.6) is 0 Å². The van der Waals surface area contributed by atoms with Gasteiger partial charge in [-0.1, -0.05) is 42.5 Å². The standard InChI is InChI=1S/C25H22N2O3/c1-16-7-3-6-10-22(16)27(2)23(28)14-12-17-11-13-21-19(15-17)24(25(29)30)18-8-4-5-9-20(18)26-21/h3-11,13,15H,12,14H2,1-2H3,(H,29,30). The molecule has 1 amide bonds. The zero-order valence-corrected chi connectivity index (χ0v) is 16.9. The van der Waals surface area contributed by atoms with E-state index in [-0.39, 0.29) is 11.5 Å². The van der Waals surface area contributed by atoms with Gasteiger partial charge in [-0.3, -0.25) is 4.79 Å². The molecule has 5 nitrogen and oxygen atoms in total. The van der Waals surface area contributed by atoms with E-state index in [0.29, 0.717) is 34.6 Å². The third-order valence-electron chi connectivity index (χ3n) is 5.44. The van der Waals surface area contributed by atoms with E-state index in [9.17, 15) is 14.7 Å². The highest BCUT2D eigenvalue weighted by Crippen LogP contribution is 2.27. The number of para-hydroxylation sites is 2. The lowest BCUT2D eigenvalue weighted by molar-refractivity contribution is -0.118. The van der Waals surface area contributed by atoms with E-state index in [4.69, 9.17) is 0 Å². The molecule has 0 aliphatic rings. The maximum atomic E-state index is 12.7. The second-order valence-corrected chi connectivity index (χ2v) is 7.40. The second-order valence-electron chi connectivity index (χ2n) is 7.40. The molecule has 0 radical (unpaired) electrons. The molecule has 0 unspecified atom stereocenters. The fourth-order valence-electron chi connectivity index (χ4n) is 3.82. The van der Waals surface area contributed by atoms with E-state index in [1.54, 1.807) is 18.0 Å². The first kappa shape index (κ1) is 19.6. The summed E-state index contributed by atoms with van der Waals surface area (Å²) in [6.07, 6.45) is 0.858. The van der Waals surface area contributed by atoms with Crippen LogP contribution in [-0.4, -0.2) is 29.0 Å². The summed E-state index contributed by atoms with van der Waals surface area (Å²) in [7, 11) is 1.78. The van der Waals surface area contributed by atoms with Crippen LogP contribution in [0.25, 0.3) is 21.8 Å². The molecule has 5 heteroatoms. The van der Waals surface area contributed by atoms with Crippen molar-refractivity contribution >= 4 is 39.4 Å². The van der Waals surface area contributed by atoms with Crippen LogP contribution in [0.4, 0.5) is 5.69 Å². The van der Waals surface area contributed by atoms with Gasteiger partial charge in [0.15, 0.2) is 0 Å². The quantitative estimate of drug-likeness (QED) is 0.481. The molecule has 30 heavy (non-hydrogen) atoms. The number of pyridine rings is 1. The molecule has 150 valence electrons. The van der Waals surface area contributed by atoms with Crippen LogP contribution in [-0.2, 0) is 11.2 Å². The van der Waals surface area contributed by atoms with Crippen LogP contribution in [0, 0.1) is 6.92 Å². The Hall–Kier alpha value is -3.73. The molecule has 1 heterocycles. The van der Waals surface area contributed by atoms with E-state index in [0.717, 1.165) is 16.8 Å². The smallest absolute Gasteiger partial charge is 0.337 e. The molecular weight excluding hydrogens is 376 g/mol. The summed E-state index contributed by atoms with van der Waals surface area (Å²) in [5.74, 6) is -0.967. The maximum Gasteiger partial charge on any atom is 0.337 e. The topological polar surface area (TPSA) is 70.5 Å². The van der Waals surface area contributed by atoms with Gasteiger partial charge in [0, 0.05) is 29.9 Å². The van der Waals surface area contributed by atoms with Gasteiger partial charge in [-0.25, -0.2) is 9.78 Å². The summed E-state index contributed by atoms with van der Waals surface area (Å²) >= 11 is 0. The van der Waals surface area contributed by atoms with Crippen molar-refractivity contribution in [2.24, 2.45) is 0 Å². The van der Waals surface area contributed by atoms with Gasteiger partial charge in [0.05, 0.1) is 16.6 Å². The monoisotopic (exact) mass is 398 g/mol. The minimum Gasteiger partial charge on any atom is -0.478 e. The Kier molecular flexibility index (Phi) is 5.19. The van der Waals surface area contributed by atoms with Gasteiger partial charge in [-0.05, 0) is 48.7 Å². The van der Waals surface area contributed by atoms with Gasteiger partial charge in [-0.2, -0.15) is 0 Å². The van der Waals surface area contributed by atoms with Crippen molar-refractivity contribution in [3.8, 4) is 0 Å². The number of fused-ring (bicyclic) bond motifs is 2. The SMILES string of the molecule is Cc1ccccc1N(C)C(=O)CCc1ccc2nc3ccccc3c(C(=O)O)c2c1.